The Morgan fingerprint density at radius 3 is 1.24 bits per heavy atom. The molecule has 0 aliphatic carbocycles. The Labute approximate surface area is 435 Å². The van der Waals surface area contributed by atoms with Gasteiger partial charge in [0.15, 0.2) is 0 Å². The number of amides is 1. The molecule has 3 atom stereocenters. The molecule has 0 spiro atoms. The van der Waals surface area contributed by atoms with Gasteiger partial charge in [-0.05, 0) is 64.2 Å². The number of allylic oxidation sites excluding steroid dienone is 7. The van der Waals surface area contributed by atoms with E-state index in [1.165, 1.54) is 218 Å². The fourth-order valence-electron chi connectivity index (χ4n) is 8.79. The molecule has 3 unspecified atom stereocenters. The number of carbonyl (C=O) groups is 1. The number of rotatable bonds is 55. The van der Waals surface area contributed by atoms with Gasteiger partial charge < -0.3 is 28.8 Å². The van der Waals surface area contributed by atoms with Crippen molar-refractivity contribution in [2.45, 2.75) is 296 Å². The first-order valence-electron chi connectivity index (χ1n) is 30.0. The molecule has 9 heteroatoms. The highest BCUT2D eigenvalue weighted by molar-refractivity contribution is 7.45. The van der Waals surface area contributed by atoms with Crippen LogP contribution in [0.25, 0.3) is 0 Å². The largest absolute Gasteiger partial charge is 0.756 e. The molecule has 2 N–H and O–H groups in total. The summed E-state index contributed by atoms with van der Waals surface area (Å²) in [5, 5.41) is 13.8. The summed E-state index contributed by atoms with van der Waals surface area (Å²) in [6.45, 7) is 4.64. The van der Waals surface area contributed by atoms with E-state index in [-0.39, 0.29) is 12.5 Å². The minimum Gasteiger partial charge on any atom is -0.756 e. The average Bonchev–Trinajstić information content (AvgIpc) is 3.32. The van der Waals surface area contributed by atoms with E-state index in [9.17, 15) is 19.4 Å². The van der Waals surface area contributed by atoms with E-state index in [0.29, 0.717) is 17.4 Å². The lowest BCUT2D eigenvalue weighted by molar-refractivity contribution is -0.870. The van der Waals surface area contributed by atoms with Crippen molar-refractivity contribution < 1.29 is 32.9 Å². The van der Waals surface area contributed by atoms with Gasteiger partial charge in [-0.25, -0.2) is 0 Å². The molecule has 1 amide bonds. The van der Waals surface area contributed by atoms with Gasteiger partial charge in [0.25, 0.3) is 7.82 Å². The zero-order valence-electron chi connectivity index (χ0n) is 47.0. The number of quaternary nitrogens is 1. The summed E-state index contributed by atoms with van der Waals surface area (Å²) in [6.07, 6.45) is 69.2. The van der Waals surface area contributed by atoms with Crippen molar-refractivity contribution in [3.8, 4) is 0 Å². The van der Waals surface area contributed by atoms with E-state index in [0.717, 1.165) is 44.9 Å². The second-order valence-electron chi connectivity index (χ2n) is 21.7. The molecule has 8 nitrogen and oxygen atoms in total. The second-order valence-corrected chi connectivity index (χ2v) is 23.1. The fraction of sp³-hybridized carbons (Fsp3) is 0.852. The summed E-state index contributed by atoms with van der Waals surface area (Å²) < 4.78 is 23.3. The van der Waals surface area contributed by atoms with E-state index in [1.807, 2.05) is 27.2 Å². The van der Waals surface area contributed by atoms with Crippen LogP contribution in [0, 0.1) is 0 Å². The quantitative estimate of drug-likeness (QED) is 0.0272. The van der Waals surface area contributed by atoms with Gasteiger partial charge in [0.1, 0.15) is 13.2 Å². The number of phosphoric ester groups is 1. The van der Waals surface area contributed by atoms with Gasteiger partial charge in [0.05, 0.1) is 39.9 Å². The number of phosphoric acid groups is 1. The maximum atomic E-state index is 13.0. The van der Waals surface area contributed by atoms with Crippen LogP contribution in [0.2, 0.25) is 0 Å². The van der Waals surface area contributed by atoms with Crippen LogP contribution in [0.15, 0.2) is 48.6 Å². The van der Waals surface area contributed by atoms with Crippen molar-refractivity contribution in [2.24, 2.45) is 0 Å². The SMILES string of the molecule is CCCCCCCCCCC/C=C\C/C=C\CCCCCCCCCCCCCCCCCCCC(=O)NC(COP(=O)([O-])OCC[N+](C)(C)C)C(O)/C=C/CC/C=C/CCCCCCCCCCC. The first-order chi connectivity index (χ1) is 34.0. The van der Waals surface area contributed by atoms with Gasteiger partial charge in [-0.3, -0.25) is 9.36 Å². The lowest BCUT2D eigenvalue weighted by Gasteiger charge is -2.29. The minimum atomic E-state index is -4.60. The maximum Gasteiger partial charge on any atom is 0.268 e. The Morgan fingerprint density at radius 1 is 0.500 bits per heavy atom. The summed E-state index contributed by atoms with van der Waals surface area (Å²) in [4.78, 5) is 25.5. The molecule has 412 valence electrons. The third-order valence-electron chi connectivity index (χ3n) is 13.5. The zero-order chi connectivity index (χ0) is 51.3. The Morgan fingerprint density at radius 2 is 0.843 bits per heavy atom. The normalized spacial score (nSPS) is 14.2. The van der Waals surface area contributed by atoms with E-state index < -0.39 is 26.6 Å². The molecule has 0 aliphatic heterocycles. The Balaban J connectivity index is 4.06. The smallest absolute Gasteiger partial charge is 0.268 e. The van der Waals surface area contributed by atoms with Crippen LogP contribution in [-0.4, -0.2) is 68.5 Å². The van der Waals surface area contributed by atoms with Crippen LogP contribution in [0.1, 0.15) is 284 Å². The van der Waals surface area contributed by atoms with Crippen molar-refractivity contribution in [2.75, 3.05) is 40.9 Å². The third-order valence-corrected chi connectivity index (χ3v) is 14.5. The maximum absolute atomic E-state index is 13.0. The third kappa shape index (κ3) is 54.2. The van der Waals surface area contributed by atoms with Crippen molar-refractivity contribution in [3.63, 3.8) is 0 Å². The number of aliphatic hydroxyl groups excluding tert-OH is 1. The van der Waals surface area contributed by atoms with E-state index in [2.05, 4.69) is 55.6 Å². The minimum absolute atomic E-state index is 0.00608. The zero-order valence-corrected chi connectivity index (χ0v) is 47.9. The Kier molecular flexibility index (Phi) is 51.2. The molecule has 0 heterocycles. The van der Waals surface area contributed by atoms with Gasteiger partial charge in [-0.15, -0.1) is 0 Å². The highest BCUT2D eigenvalue weighted by Crippen LogP contribution is 2.38. The van der Waals surface area contributed by atoms with Gasteiger partial charge in [0, 0.05) is 6.42 Å². The lowest BCUT2D eigenvalue weighted by atomic mass is 10.0. The molecule has 0 aromatic rings. The first-order valence-corrected chi connectivity index (χ1v) is 31.5. The van der Waals surface area contributed by atoms with Crippen LogP contribution >= 0.6 is 7.82 Å². The molecule has 0 aliphatic rings. The molecule has 0 bridgehead atoms. The van der Waals surface area contributed by atoms with Crippen LogP contribution in [0.4, 0.5) is 0 Å². The molecule has 0 fully saturated rings. The first kappa shape index (κ1) is 68.5. The van der Waals surface area contributed by atoms with Crippen LogP contribution in [0.3, 0.4) is 0 Å². The van der Waals surface area contributed by atoms with Gasteiger partial charge in [0.2, 0.25) is 5.91 Å². The standard InChI is InChI=1S/C61H117N2O6P/c1-6-8-10-12-14-16-18-20-22-23-24-25-26-27-28-29-30-31-32-33-34-35-36-37-38-39-41-43-45-47-49-51-53-55-61(65)62-59(58-69-70(66,67)68-57-56-63(3,4)5)60(64)54-52-50-48-46-44-42-40-21-19-17-15-13-11-9-7-2/h24-25,27-28,44,46,52,54,59-60,64H,6-23,26,29-43,45,47-51,53,55-58H2,1-5H3,(H-,62,65,66,67)/b25-24-,28-27-,46-44+,54-52+. The number of hydrogen-bond acceptors (Lipinski definition) is 6. The molecule has 0 saturated carbocycles. The highest BCUT2D eigenvalue weighted by atomic mass is 31.2. The van der Waals surface area contributed by atoms with Gasteiger partial charge in [-0.2, -0.15) is 0 Å². The molecule has 0 rings (SSSR count). The lowest BCUT2D eigenvalue weighted by Crippen LogP contribution is -2.45. The number of carbonyl (C=O) groups excluding carboxylic acids is 1. The molecule has 70 heavy (non-hydrogen) atoms. The van der Waals surface area contributed by atoms with E-state index in [1.54, 1.807) is 6.08 Å². The summed E-state index contributed by atoms with van der Waals surface area (Å²) in [5.41, 5.74) is 0. The number of nitrogens with one attached hydrogen (secondary N) is 1. The predicted octanol–water partition coefficient (Wildman–Crippen LogP) is 17.7. The molecular weight excluding hydrogens is 888 g/mol. The fourth-order valence-corrected chi connectivity index (χ4v) is 9.51. The van der Waals surface area contributed by atoms with Gasteiger partial charge in [-0.1, -0.05) is 262 Å². The van der Waals surface area contributed by atoms with Gasteiger partial charge >= 0.3 is 0 Å². The summed E-state index contributed by atoms with van der Waals surface area (Å²) in [5.74, 6) is -0.205. The number of unbranched alkanes of at least 4 members (excludes halogenated alkanes) is 36. The van der Waals surface area contributed by atoms with Crippen LogP contribution in [0.5, 0.6) is 0 Å². The molecule has 0 aromatic heterocycles. The van der Waals surface area contributed by atoms with Crippen LogP contribution < -0.4 is 10.2 Å². The summed E-state index contributed by atoms with van der Waals surface area (Å²) >= 11 is 0. The number of hydrogen-bond donors (Lipinski definition) is 2. The predicted molar refractivity (Wildman–Crippen MR) is 302 cm³/mol. The number of nitrogens with zero attached hydrogens (tertiary/aromatic N) is 1. The molecule has 0 saturated heterocycles. The van der Waals surface area contributed by atoms with Crippen molar-refractivity contribution in [1.82, 2.24) is 5.32 Å². The topological polar surface area (TPSA) is 108 Å². The van der Waals surface area contributed by atoms with Crippen molar-refractivity contribution in [3.05, 3.63) is 48.6 Å². The second kappa shape index (κ2) is 52.3. The Hall–Kier alpha value is -1.54. The highest BCUT2D eigenvalue weighted by Gasteiger charge is 2.23. The van der Waals surface area contributed by atoms with Crippen molar-refractivity contribution >= 4 is 13.7 Å². The summed E-state index contributed by atoms with van der Waals surface area (Å²) in [7, 11) is 1.25. The van der Waals surface area contributed by atoms with Crippen molar-refractivity contribution in [1.29, 1.82) is 0 Å². The van der Waals surface area contributed by atoms with E-state index in [4.69, 9.17) is 9.05 Å². The van der Waals surface area contributed by atoms with E-state index >= 15 is 0 Å². The molecule has 0 aromatic carbocycles. The number of aliphatic hydroxyl groups is 1. The Bertz CT molecular complexity index is 1280. The summed E-state index contributed by atoms with van der Waals surface area (Å²) in [6, 6.07) is -0.903. The monoisotopic (exact) mass is 1000 g/mol. The number of likely N-dealkylation sites (N-methyl/N-ethyl adjacent to an activating group) is 1. The molecule has 0 radical (unpaired) electrons. The molecular formula is C61H117N2O6P. The average molecular weight is 1010 g/mol. The van der Waals surface area contributed by atoms with Crippen LogP contribution in [-0.2, 0) is 18.4 Å².